The summed E-state index contributed by atoms with van der Waals surface area (Å²) in [5.74, 6) is -1.08. The second-order valence-electron chi connectivity index (χ2n) is 6.87. The molecule has 0 aliphatic carbocycles. The van der Waals surface area contributed by atoms with Gasteiger partial charge in [-0.25, -0.2) is 13.2 Å². The van der Waals surface area contributed by atoms with Crippen molar-refractivity contribution in [2.45, 2.75) is 17.9 Å². The van der Waals surface area contributed by atoms with Crippen molar-refractivity contribution in [3.63, 3.8) is 0 Å². The third kappa shape index (κ3) is 4.22. The largest absolute Gasteiger partial charge is 0.420 e. The fraction of sp³-hybridized carbons (Fsp3) is 0.0909. The molecule has 4 rings (SSSR count). The number of nitrogens with one attached hydrogen (secondary N) is 2. The summed E-state index contributed by atoms with van der Waals surface area (Å²) in [6, 6.07) is 20.3. The summed E-state index contributed by atoms with van der Waals surface area (Å²) in [6.07, 6.45) is 0. The zero-order chi connectivity index (χ0) is 22.0. The number of benzene rings is 3. The maximum absolute atomic E-state index is 12.8. The Kier molecular flexibility index (Phi) is 5.35. The van der Waals surface area contributed by atoms with Crippen molar-refractivity contribution in [3.05, 3.63) is 89.4 Å². The number of carbonyl (C=O) groups is 1. The van der Waals surface area contributed by atoms with Gasteiger partial charge < -0.3 is 9.73 Å². The topological polar surface area (TPSA) is 110 Å². The Morgan fingerprint density at radius 3 is 2.39 bits per heavy atom. The van der Waals surface area contributed by atoms with Gasteiger partial charge in [0.25, 0.3) is 10.0 Å². The molecule has 0 fully saturated rings. The second-order valence-corrected chi connectivity index (χ2v) is 8.55. The maximum atomic E-state index is 12.8. The predicted octanol–water partition coefficient (Wildman–Crippen LogP) is 3.60. The highest BCUT2D eigenvalue weighted by Gasteiger charge is 2.21. The molecule has 0 aliphatic rings. The molecule has 1 heterocycles. The van der Waals surface area contributed by atoms with Crippen LogP contribution in [0.5, 0.6) is 0 Å². The number of para-hydroxylation sites is 2. The third-order valence-electron chi connectivity index (χ3n) is 4.72. The van der Waals surface area contributed by atoms with E-state index in [2.05, 4.69) is 10.0 Å². The van der Waals surface area contributed by atoms with Crippen LogP contribution in [0.4, 0.5) is 11.4 Å². The minimum Gasteiger partial charge on any atom is -0.408 e. The van der Waals surface area contributed by atoms with Gasteiger partial charge in [0.1, 0.15) is 6.04 Å². The van der Waals surface area contributed by atoms with Crippen molar-refractivity contribution in [3.8, 4) is 0 Å². The van der Waals surface area contributed by atoms with Gasteiger partial charge >= 0.3 is 5.76 Å². The number of rotatable bonds is 6. The van der Waals surface area contributed by atoms with Crippen LogP contribution in [0.3, 0.4) is 0 Å². The quantitative estimate of drug-likeness (QED) is 0.479. The van der Waals surface area contributed by atoms with Crippen molar-refractivity contribution < 1.29 is 17.6 Å². The van der Waals surface area contributed by atoms with Gasteiger partial charge in [-0.3, -0.25) is 14.1 Å². The van der Waals surface area contributed by atoms with E-state index in [0.717, 1.165) is 0 Å². The molecular weight excluding hydrogens is 418 g/mol. The van der Waals surface area contributed by atoms with Crippen LogP contribution in [-0.4, -0.2) is 18.9 Å². The zero-order valence-corrected chi connectivity index (χ0v) is 17.3. The number of fused-ring (bicyclic) bond motifs is 1. The van der Waals surface area contributed by atoms with Crippen LogP contribution in [-0.2, 0) is 14.8 Å². The maximum Gasteiger partial charge on any atom is 0.420 e. The minimum absolute atomic E-state index is 0.129. The molecule has 0 bridgehead atoms. The first-order chi connectivity index (χ1) is 14.8. The van der Waals surface area contributed by atoms with E-state index in [9.17, 15) is 18.0 Å². The number of nitrogens with zero attached hydrogens (tertiary/aromatic N) is 1. The van der Waals surface area contributed by atoms with Gasteiger partial charge in [-0.15, -0.1) is 0 Å². The molecule has 1 atom stereocenters. The molecule has 0 aliphatic heterocycles. The Bertz CT molecular complexity index is 1410. The summed E-state index contributed by atoms with van der Waals surface area (Å²) in [5, 5.41) is 2.71. The van der Waals surface area contributed by atoms with Crippen molar-refractivity contribution in [2.24, 2.45) is 0 Å². The summed E-state index contributed by atoms with van der Waals surface area (Å²) in [4.78, 5) is 25.1. The molecule has 0 saturated carbocycles. The van der Waals surface area contributed by atoms with Gasteiger partial charge in [-0.1, -0.05) is 36.4 Å². The third-order valence-corrected chi connectivity index (χ3v) is 6.12. The number of amides is 1. The highest BCUT2D eigenvalue weighted by Crippen LogP contribution is 2.22. The first-order valence-corrected chi connectivity index (χ1v) is 10.9. The minimum atomic E-state index is -3.76. The van der Waals surface area contributed by atoms with E-state index in [4.69, 9.17) is 4.42 Å². The number of sulfonamides is 1. The number of hydrogen-bond acceptors (Lipinski definition) is 5. The van der Waals surface area contributed by atoms with E-state index in [1.54, 1.807) is 67.6 Å². The van der Waals surface area contributed by atoms with Crippen LogP contribution in [0.25, 0.3) is 11.1 Å². The Labute approximate surface area is 178 Å². The Morgan fingerprint density at radius 1 is 0.935 bits per heavy atom. The molecule has 0 radical (unpaired) electrons. The second kappa shape index (κ2) is 8.11. The van der Waals surface area contributed by atoms with E-state index in [-0.39, 0.29) is 4.90 Å². The van der Waals surface area contributed by atoms with Crippen LogP contribution in [0.1, 0.15) is 13.0 Å². The van der Waals surface area contributed by atoms with Gasteiger partial charge in [0.05, 0.1) is 16.1 Å². The average Bonchev–Trinajstić information content (AvgIpc) is 3.09. The number of aromatic nitrogens is 1. The van der Waals surface area contributed by atoms with Gasteiger partial charge in [-0.2, -0.15) is 0 Å². The lowest BCUT2D eigenvalue weighted by Crippen LogP contribution is -2.29. The van der Waals surface area contributed by atoms with Crippen molar-refractivity contribution >= 4 is 38.4 Å². The molecule has 1 aromatic heterocycles. The molecule has 0 spiro atoms. The molecule has 1 amide bonds. The van der Waals surface area contributed by atoms with E-state index >= 15 is 0 Å². The van der Waals surface area contributed by atoms with Crippen molar-refractivity contribution in [1.29, 1.82) is 0 Å². The fourth-order valence-corrected chi connectivity index (χ4v) is 4.26. The van der Waals surface area contributed by atoms with Crippen LogP contribution >= 0.6 is 0 Å². The van der Waals surface area contributed by atoms with E-state index in [1.165, 1.54) is 22.8 Å². The molecular formula is C22H19N3O5S. The molecule has 31 heavy (non-hydrogen) atoms. The molecule has 2 N–H and O–H groups in total. The Hall–Kier alpha value is -3.85. The summed E-state index contributed by atoms with van der Waals surface area (Å²) in [7, 11) is -3.76. The van der Waals surface area contributed by atoms with Crippen LogP contribution in [0.2, 0.25) is 0 Å². The standard InChI is InChI=1S/C22H19N3O5S/c1-15(25-19-12-5-6-13-20(19)30-22(25)27)21(26)23-16-8-7-9-17(14-16)24-31(28,29)18-10-3-2-4-11-18/h2-15,24H,1H3,(H,23,26). The number of hydrogen-bond donors (Lipinski definition) is 2. The molecule has 3 aromatic carbocycles. The molecule has 1 unspecified atom stereocenters. The van der Waals surface area contributed by atoms with Gasteiger partial charge in [0.2, 0.25) is 5.91 Å². The first kappa shape index (κ1) is 20.4. The average molecular weight is 437 g/mol. The number of anilines is 2. The first-order valence-electron chi connectivity index (χ1n) is 9.44. The van der Waals surface area contributed by atoms with E-state index < -0.39 is 27.7 Å². The summed E-state index contributed by atoms with van der Waals surface area (Å²) in [5.41, 5.74) is 1.58. The lowest BCUT2D eigenvalue weighted by molar-refractivity contribution is -0.118. The fourth-order valence-electron chi connectivity index (χ4n) is 3.19. The van der Waals surface area contributed by atoms with Gasteiger partial charge in [-0.05, 0) is 49.4 Å². The van der Waals surface area contributed by atoms with Crippen LogP contribution in [0, 0.1) is 0 Å². The molecule has 4 aromatic rings. The summed E-state index contributed by atoms with van der Waals surface area (Å²) in [6.45, 7) is 1.58. The highest BCUT2D eigenvalue weighted by molar-refractivity contribution is 7.92. The van der Waals surface area contributed by atoms with E-state index in [0.29, 0.717) is 22.5 Å². The summed E-state index contributed by atoms with van der Waals surface area (Å²) >= 11 is 0. The van der Waals surface area contributed by atoms with Gasteiger partial charge in [0.15, 0.2) is 5.58 Å². The number of oxazole rings is 1. The van der Waals surface area contributed by atoms with Crippen LogP contribution < -0.4 is 15.8 Å². The van der Waals surface area contributed by atoms with Crippen molar-refractivity contribution in [2.75, 3.05) is 10.0 Å². The zero-order valence-electron chi connectivity index (χ0n) is 16.5. The SMILES string of the molecule is CC(C(=O)Nc1cccc(NS(=O)(=O)c2ccccc2)c1)n1c(=O)oc2ccccc21. The highest BCUT2D eigenvalue weighted by atomic mass is 32.2. The predicted molar refractivity (Wildman–Crippen MR) is 118 cm³/mol. The molecule has 9 heteroatoms. The molecule has 158 valence electrons. The molecule has 8 nitrogen and oxygen atoms in total. The van der Waals surface area contributed by atoms with E-state index in [1.807, 2.05) is 0 Å². The van der Waals surface area contributed by atoms with Crippen LogP contribution in [0.15, 0.2) is 93.0 Å². The smallest absolute Gasteiger partial charge is 0.408 e. The monoisotopic (exact) mass is 437 g/mol. The van der Waals surface area contributed by atoms with Gasteiger partial charge in [0, 0.05) is 5.69 Å². The Morgan fingerprint density at radius 2 is 1.61 bits per heavy atom. The molecule has 0 saturated heterocycles. The Balaban J connectivity index is 1.54. The van der Waals surface area contributed by atoms with Crippen molar-refractivity contribution in [1.82, 2.24) is 4.57 Å². The lowest BCUT2D eigenvalue weighted by Gasteiger charge is -2.14. The normalized spacial score (nSPS) is 12.4. The number of carbonyl (C=O) groups excluding carboxylic acids is 1. The summed E-state index contributed by atoms with van der Waals surface area (Å²) < 4.78 is 34.0. The lowest BCUT2D eigenvalue weighted by atomic mass is 10.2.